The third-order valence-corrected chi connectivity index (χ3v) is 3.67. The van der Waals surface area contributed by atoms with Gasteiger partial charge >= 0.3 is 0 Å². The molecule has 0 radical (unpaired) electrons. The summed E-state index contributed by atoms with van der Waals surface area (Å²) < 4.78 is 33.2. The van der Waals surface area contributed by atoms with Gasteiger partial charge in [0.1, 0.15) is 11.8 Å². The van der Waals surface area contributed by atoms with Crippen LogP contribution in [0.15, 0.2) is 24.3 Å². The zero-order valence-corrected chi connectivity index (χ0v) is 11.6. The largest absolute Gasteiger partial charge is 0.374 e. The molecule has 1 aromatic carbocycles. The van der Waals surface area contributed by atoms with Gasteiger partial charge in [-0.2, -0.15) is 0 Å². The number of rotatable bonds is 4. The van der Waals surface area contributed by atoms with Crippen molar-refractivity contribution in [3.8, 4) is 0 Å². The lowest BCUT2D eigenvalue weighted by Gasteiger charge is -2.23. The van der Waals surface area contributed by atoms with E-state index in [9.17, 15) is 8.78 Å². The molecule has 0 fully saturated rings. The summed E-state index contributed by atoms with van der Waals surface area (Å²) in [6.07, 6.45) is -2.66. The number of hydrogen-bond donors (Lipinski definition) is 1. The van der Waals surface area contributed by atoms with Crippen molar-refractivity contribution in [1.82, 2.24) is 20.3 Å². The first-order chi connectivity index (χ1) is 10.2. The third kappa shape index (κ3) is 2.66. The van der Waals surface area contributed by atoms with Gasteiger partial charge in [0.2, 0.25) is 0 Å². The van der Waals surface area contributed by atoms with Gasteiger partial charge in [-0.3, -0.25) is 0 Å². The van der Waals surface area contributed by atoms with Crippen molar-refractivity contribution >= 4 is 0 Å². The molecule has 0 amide bonds. The van der Waals surface area contributed by atoms with Crippen LogP contribution in [0.2, 0.25) is 0 Å². The first kappa shape index (κ1) is 14.1. The van der Waals surface area contributed by atoms with E-state index >= 15 is 0 Å². The Morgan fingerprint density at radius 1 is 1.43 bits per heavy atom. The summed E-state index contributed by atoms with van der Waals surface area (Å²) in [5.74, 6) is 0. The van der Waals surface area contributed by atoms with E-state index in [2.05, 4.69) is 15.6 Å². The zero-order chi connectivity index (χ0) is 14.8. The molecule has 0 aliphatic carbocycles. The Hall–Kier alpha value is -1.86. The Labute approximate surface area is 120 Å². The predicted molar refractivity (Wildman–Crippen MR) is 72.0 cm³/mol. The monoisotopic (exact) mass is 294 g/mol. The van der Waals surface area contributed by atoms with Crippen molar-refractivity contribution < 1.29 is 13.5 Å². The first-order valence-corrected chi connectivity index (χ1v) is 6.72. The van der Waals surface area contributed by atoms with E-state index in [1.54, 1.807) is 30.0 Å². The standard InChI is InChI=1S/C14H16F2N4O/c1-21-12-7-17-6-11-13(12)20(19-18-11)8-9-4-2-3-5-10(9)14(15)16/h2-5,12,14,17H,6-8H2,1H3. The van der Waals surface area contributed by atoms with E-state index in [0.29, 0.717) is 18.7 Å². The summed E-state index contributed by atoms with van der Waals surface area (Å²) in [5.41, 5.74) is 2.25. The second kappa shape index (κ2) is 5.87. The van der Waals surface area contributed by atoms with Crippen molar-refractivity contribution in [2.45, 2.75) is 25.6 Å². The highest BCUT2D eigenvalue weighted by atomic mass is 19.3. The van der Waals surface area contributed by atoms with Crippen molar-refractivity contribution in [2.75, 3.05) is 13.7 Å². The minimum absolute atomic E-state index is 0.0321. The summed E-state index contributed by atoms with van der Waals surface area (Å²) in [7, 11) is 1.62. The molecule has 7 heteroatoms. The Morgan fingerprint density at radius 3 is 3.00 bits per heavy atom. The van der Waals surface area contributed by atoms with Crippen LogP contribution in [0.25, 0.3) is 0 Å². The normalized spacial score (nSPS) is 18.0. The van der Waals surface area contributed by atoms with E-state index in [4.69, 9.17) is 4.74 Å². The minimum Gasteiger partial charge on any atom is -0.374 e. The van der Waals surface area contributed by atoms with Crippen LogP contribution in [0.1, 0.15) is 35.0 Å². The fourth-order valence-electron chi connectivity index (χ4n) is 2.62. The summed E-state index contributed by atoms with van der Waals surface area (Å²) >= 11 is 0. The highest BCUT2D eigenvalue weighted by Gasteiger charge is 2.26. The van der Waals surface area contributed by atoms with Crippen LogP contribution in [0, 0.1) is 0 Å². The number of aromatic nitrogens is 3. The van der Waals surface area contributed by atoms with Gasteiger partial charge in [-0.25, -0.2) is 13.5 Å². The number of benzene rings is 1. The van der Waals surface area contributed by atoms with Crippen LogP contribution in [0.3, 0.4) is 0 Å². The average molecular weight is 294 g/mol. The topological polar surface area (TPSA) is 52.0 Å². The van der Waals surface area contributed by atoms with Gasteiger partial charge in [-0.15, -0.1) is 5.10 Å². The number of nitrogens with one attached hydrogen (secondary N) is 1. The van der Waals surface area contributed by atoms with E-state index in [1.165, 1.54) is 6.07 Å². The number of alkyl halides is 2. The van der Waals surface area contributed by atoms with Gasteiger partial charge < -0.3 is 10.1 Å². The minimum atomic E-state index is -2.50. The molecule has 21 heavy (non-hydrogen) atoms. The van der Waals surface area contributed by atoms with Crippen molar-refractivity contribution in [3.63, 3.8) is 0 Å². The van der Waals surface area contributed by atoms with Gasteiger partial charge in [0.15, 0.2) is 0 Å². The molecule has 0 bridgehead atoms. The lowest BCUT2D eigenvalue weighted by Crippen LogP contribution is -2.30. The summed E-state index contributed by atoms with van der Waals surface area (Å²) in [6, 6.07) is 6.50. The molecule has 1 aliphatic rings. The summed E-state index contributed by atoms with van der Waals surface area (Å²) in [6.45, 7) is 1.54. The maximum absolute atomic E-state index is 13.1. The van der Waals surface area contributed by atoms with Gasteiger partial charge in [-0.1, -0.05) is 29.5 Å². The second-order valence-corrected chi connectivity index (χ2v) is 4.93. The smallest absolute Gasteiger partial charge is 0.264 e. The van der Waals surface area contributed by atoms with Gasteiger partial charge in [0, 0.05) is 25.8 Å². The molecule has 1 atom stereocenters. The molecule has 1 unspecified atom stereocenters. The number of halogens is 2. The SMILES string of the molecule is COC1CNCc2nnn(Cc3ccccc3C(F)F)c21. The Bertz CT molecular complexity index is 629. The molecular weight excluding hydrogens is 278 g/mol. The van der Waals surface area contributed by atoms with Crippen LogP contribution >= 0.6 is 0 Å². The number of ether oxygens (including phenoxy) is 1. The van der Waals surface area contributed by atoms with Gasteiger partial charge in [0.05, 0.1) is 12.2 Å². The molecule has 5 nitrogen and oxygen atoms in total. The maximum atomic E-state index is 13.1. The average Bonchev–Trinajstić information content (AvgIpc) is 2.91. The number of fused-ring (bicyclic) bond motifs is 1. The van der Waals surface area contributed by atoms with Crippen LogP contribution in [0.5, 0.6) is 0 Å². The molecule has 1 aromatic heterocycles. The second-order valence-electron chi connectivity index (χ2n) is 4.93. The molecule has 3 rings (SSSR count). The lowest BCUT2D eigenvalue weighted by molar-refractivity contribution is 0.0878. The Balaban J connectivity index is 1.95. The van der Waals surface area contributed by atoms with Crippen LogP contribution in [0.4, 0.5) is 8.78 Å². The molecule has 112 valence electrons. The number of hydrogen-bond acceptors (Lipinski definition) is 4. The molecule has 1 aliphatic heterocycles. The molecule has 2 aromatic rings. The highest BCUT2D eigenvalue weighted by Crippen LogP contribution is 2.26. The highest BCUT2D eigenvalue weighted by molar-refractivity contribution is 5.29. The van der Waals surface area contributed by atoms with Gasteiger partial charge in [-0.05, 0) is 5.56 Å². The molecule has 2 heterocycles. The van der Waals surface area contributed by atoms with E-state index < -0.39 is 6.43 Å². The summed E-state index contributed by atoms with van der Waals surface area (Å²) in [5, 5.41) is 11.4. The first-order valence-electron chi connectivity index (χ1n) is 6.72. The van der Waals surface area contributed by atoms with Crippen molar-refractivity contribution in [2.24, 2.45) is 0 Å². The van der Waals surface area contributed by atoms with E-state index in [0.717, 1.165) is 11.4 Å². The lowest BCUT2D eigenvalue weighted by atomic mass is 10.1. The molecule has 0 saturated carbocycles. The van der Waals surface area contributed by atoms with Crippen LogP contribution < -0.4 is 5.32 Å². The van der Waals surface area contributed by atoms with Crippen LogP contribution in [-0.2, 0) is 17.8 Å². The molecule has 0 spiro atoms. The fourth-order valence-corrected chi connectivity index (χ4v) is 2.62. The third-order valence-electron chi connectivity index (χ3n) is 3.67. The van der Waals surface area contributed by atoms with Crippen molar-refractivity contribution in [1.29, 1.82) is 0 Å². The zero-order valence-electron chi connectivity index (χ0n) is 11.6. The Morgan fingerprint density at radius 2 is 2.24 bits per heavy atom. The molecular formula is C14H16F2N4O. The van der Waals surface area contributed by atoms with Crippen molar-refractivity contribution in [3.05, 3.63) is 46.8 Å². The maximum Gasteiger partial charge on any atom is 0.264 e. The Kier molecular flexibility index (Phi) is 3.94. The number of nitrogens with zero attached hydrogens (tertiary/aromatic N) is 3. The number of methoxy groups -OCH3 is 1. The summed E-state index contributed by atoms with van der Waals surface area (Å²) in [4.78, 5) is 0. The quantitative estimate of drug-likeness (QED) is 0.937. The fraction of sp³-hybridized carbons (Fsp3) is 0.429. The van der Waals surface area contributed by atoms with Crippen LogP contribution in [-0.4, -0.2) is 28.6 Å². The van der Waals surface area contributed by atoms with E-state index in [-0.39, 0.29) is 18.2 Å². The molecule has 1 N–H and O–H groups in total. The van der Waals surface area contributed by atoms with Gasteiger partial charge in [0.25, 0.3) is 6.43 Å². The molecule has 0 saturated heterocycles. The van der Waals surface area contributed by atoms with E-state index in [1.807, 2.05) is 0 Å². The predicted octanol–water partition coefficient (Wildman–Crippen LogP) is 2.05.